The smallest absolute Gasteiger partial charge is 0.304 e. The Balaban J connectivity index is 2.28. The maximum atomic E-state index is 12.3. The Morgan fingerprint density at radius 3 is 2.30 bits per heavy atom. The van der Waals surface area contributed by atoms with Crippen molar-refractivity contribution in [2.24, 2.45) is 10.8 Å². The van der Waals surface area contributed by atoms with E-state index >= 15 is 0 Å². The van der Waals surface area contributed by atoms with Crippen molar-refractivity contribution in [2.75, 3.05) is 5.73 Å². The monoisotopic (exact) mass is 277 g/mol. The number of hydrogen-bond donors (Lipinski definition) is 2. The van der Waals surface area contributed by atoms with Gasteiger partial charge in [-0.15, -0.1) is 0 Å². The number of nitrogens with two attached hydrogens (primary N) is 1. The Morgan fingerprint density at radius 2 is 1.85 bits per heavy atom. The molecule has 0 aromatic heterocycles. The molecule has 0 unspecified atom stereocenters. The molecule has 0 radical (unpaired) electrons. The number of rotatable bonds is 3. The zero-order chi connectivity index (χ0) is 15.3. The number of anilines is 1. The zero-order valence-corrected chi connectivity index (χ0v) is 12.1. The first-order valence-electron chi connectivity index (χ1n) is 6.44. The van der Waals surface area contributed by atoms with Crippen LogP contribution in [0.3, 0.4) is 0 Å². The molecule has 108 valence electrons. The summed E-state index contributed by atoms with van der Waals surface area (Å²) in [5.41, 5.74) is 5.20. The van der Waals surface area contributed by atoms with E-state index < -0.39 is 10.8 Å². The molecule has 2 rings (SSSR count). The molecule has 3 N–H and O–H groups in total. The average molecular weight is 277 g/mol. The number of nitrogens with zero attached hydrogens (tertiary/aromatic N) is 1. The zero-order valence-electron chi connectivity index (χ0n) is 12.1. The van der Waals surface area contributed by atoms with Crippen molar-refractivity contribution in [2.45, 2.75) is 33.7 Å². The van der Waals surface area contributed by atoms with Gasteiger partial charge in [0.1, 0.15) is 11.3 Å². The number of nitrogen functional groups attached to an aromatic ring is 1. The van der Waals surface area contributed by atoms with E-state index in [0.29, 0.717) is 0 Å². The van der Waals surface area contributed by atoms with Gasteiger partial charge in [-0.3, -0.25) is 14.9 Å². The van der Waals surface area contributed by atoms with Gasteiger partial charge >= 0.3 is 5.69 Å². The third kappa shape index (κ3) is 1.92. The van der Waals surface area contributed by atoms with E-state index in [1.54, 1.807) is 6.07 Å². The van der Waals surface area contributed by atoms with E-state index in [1.807, 2.05) is 0 Å². The Morgan fingerprint density at radius 1 is 1.30 bits per heavy atom. The fourth-order valence-electron chi connectivity index (χ4n) is 2.71. The number of nitro benzene ring substituents is 1. The summed E-state index contributed by atoms with van der Waals surface area (Å²) in [6.45, 7) is 8.24. The summed E-state index contributed by atoms with van der Waals surface area (Å²) in [6, 6.07) is 4.37. The maximum absolute atomic E-state index is 12.3. The number of hydrogen-bond acceptors (Lipinski definition) is 4. The summed E-state index contributed by atoms with van der Waals surface area (Å²) in [5.74, 6) is -0.451. The number of carbonyl (C=O) groups excluding carboxylic acids is 1. The molecule has 1 aliphatic rings. The number of carbonyl (C=O) groups is 1. The highest BCUT2D eigenvalue weighted by molar-refractivity contribution is 6.00. The van der Waals surface area contributed by atoms with Gasteiger partial charge in [-0.05, 0) is 23.0 Å². The van der Waals surface area contributed by atoms with Crippen LogP contribution in [0.2, 0.25) is 0 Å². The van der Waals surface area contributed by atoms with Crippen molar-refractivity contribution in [3.63, 3.8) is 0 Å². The first-order chi connectivity index (χ1) is 9.10. The number of nitro groups is 1. The minimum Gasteiger partial charge on any atom is -0.393 e. The Kier molecular flexibility index (Phi) is 3.00. The van der Waals surface area contributed by atoms with Crippen LogP contribution in [0.5, 0.6) is 0 Å². The minimum absolute atomic E-state index is 0.00281. The molecule has 0 bridgehead atoms. The second-order valence-corrected chi connectivity index (χ2v) is 6.35. The first-order valence-corrected chi connectivity index (χ1v) is 6.44. The Labute approximate surface area is 117 Å². The van der Waals surface area contributed by atoms with Crippen LogP contribution in [0.1, 0.15) is 38.1 Å². The lowest BCUT2D eigenvalue weighted by atomic mass is 10.0. The number of amides is 1. The van der Waals surface area contributed by atoms with E-state index in [4.69, 9.17) is 5.73 Å². The summed E-state index contributed by atoms with van der Waals surface area (Å²) in [5, 5.41) is 13.9. The molecule has 1 aromatic carbocycles. The van der Waals surface area contributed by atoms with Crippen molar-refractivity contribution in [3.8, 4) is 0 Å². The maximum Gasteiger partial charge on any atom is 0.304 e. The van der Waals surface area contributed by atoms with Gasteiger partial charge in [0.2, 0.25) is 0 Å². The molecule has 1 amide bonds. The Hall–Kier alpha value is -2.11. The van der Waals surface area contributed by atoms with Gasteiger partial charge in [0.05, 0.1) is 4.92 Å². The van der Waals surface area contributed by atoms with Crippen molar-refractivity contribution in [3.05, 3.63) is 33.9 Å². The normalized spacial score (nSPS) is 19.4. The third-order valence-corrected chi connectivity index (χ3v) is 4.79. The molecule has 1 saturated carbocycles. The van der Waals surface area contributed by atoms with Gasteiger partial charge in [-0.2, -0.15) is 0 Å². The third-order valence-electron chi connectivity index (χ3n) is 4.79. The van der Waals surface area contributed by atoms with E-state index in [1.165, 1.54) is 12.1 Å². The molecule has 20 heavy (non-hydrogen) atoms. The summed E-state index contributed by atoms with van der Waals surface area (Å²) >= 11 is 0. The van der Waals surface area contributed by atoms with Crippen LogP contribution in [0.4, 0.5) is 11.4 Å². The SMILES string of the molecule is CC1(C)C(NC(=O)c2cccc(N)c2[N+](=O)[O-])C1(C)C. The van der Waals surface area contributed by atoms with Crippen LogP contribution in [0, 0.1) is 20.9 Å². The number of benzene rings is 1. The van der Waals surface area contributed by atoms with Crippen LogP contribution in [0.15, 0.2) is 18.2 Å². The lowest BCUT2D eigenvalue weighted by Gasteiger charge is -2.08. The first kappa shape index (κ1) is 14.3. The fraction of sp³-hybridized carbons (Fsp3) is 0.500. The molecule has 6 heteroatoms. The second kappa shape index (κ2) is 4.19. The lowest BCUT2D eigenvalue weighted by Crippen LogP contribution is -2.30. The molecule has 1 aromatic rings. The fourth-order valence-corrected chi connectivity index (χ4v) is 2.71. The van der Waals surface area contributed by atoms with Gasteiger partial charge in [0.15, 0.2) is 0 Å². The number of nitrogens with one attached hydrogen (secondary N) is 1. The summed E-state index contributed by atoms with van der Waals surface area (Å²) in [4.78, 5) is 22.7. The highest BCUT2D eigenvalue weighted by Gasteiger charge is 2.65. The predicted octanol–water partition coefficient (Wildman–Crippen LogP) is 2.34. The Bertz CT molecular complexity index is 579. The topological polar surface area (TPSA) is 98.3 Å². The predicted molar refractivity (Wildman–Crippen MR) is 76.3 cm³/mol. The summed E-state index contributed by atoms with van der Waals surface area (Å²) in [7, 11) is 0. The van der Waals surface area contributed by atoms with Crippen LogP contribution in [0.25, 0.3) is 0 Å². The lowest BCUT2D eigenvalue weighted by molar-refractivity contribution is -0.384. The molecule has 0 heterocycles. The van der Waals surface area contributed by atoms with E-state index in [2.05, 4.69) is 33.0 Å². The molecule has 1 aliphatic carbocycles. The molecule has 0 atom stereocenters. The molecule has 0 aliphatic heterocycles. The van der Waals surface area contributed by atoms with Gasteiger partial charge in [-0.25, -0.2) is 0 Å². The van der Waals surface area contributed by atoms with Crippen molar-refractivity contribution in [1.29, 1.82) is 0 Å². The van der Waals surface area contributed by atoms with Crippen LogP contribution in [-0.4, -0.2) is 16.9 Å². The second-order valence-electron chi connectivity index (χ2n) is 6.35. The largest absolute Gasteiger partial charge is 0.393 e. The van der Waals surface area contributed by atoms with Gasteiger partial charge in [-0.1, -0.05) is 33.8 Å². The molecular formula is C14H19N3O3. The summed E-state index contributed by atoms with van der Waals surface area (Å²) < 4.78 is 0. The summed E-state index contributed by atoms with van der Waals surface area (Å²) in [6.07, 6.45) is 0. The quantitative estimate of drug-likeness (QED) is 0.503. The molecule has 1 fully saturated rings. The van der Waals surface area contributed by atoms with Crippen molar-refractivity contribution < 1.29 is 9.72 Å². The minimum atomic E-state index is -0.618. The van der Waals surface area contributed by atoms with Crippen LogP contribution < -0.4 is 11.1 Å². The highest BCUT2D eigenvalue weighted by Crippen LogP contribution is 2.62. The average Bonchev–Trinajstić information content (AvgIpc) is 2.70. The van der Waals surface area contributed by atoms with Crippen LogP contribution >= 0.6 is 0 Å². The molecule has 0 spiro atoms. The molecule has 6 nitrogen and oxygen atoms in total. The van der Waals surface area contributed by atoms with Gasteiger partial charge in [0, 0.05) is 6.04 Å². The van der Waals surface area contributed by atoms with Crippen molar-refractivity contribution >= 4 is 17.3 Å². The van der Waals surface area contributed by atoms with E-state index in [0.717, 1.165) is 0 Å². The van der Waals surface area contributed by atoms with Crippen molar-refractivity contribution in [1.82, 2.24) is 5.32 Å². The molecule has 0 saturated heterocycles. The van der Waals surface area contributed by atoms with Gasteiger partial charge in [0.25, 0.3) is 5.91 Å². The number of para-hydroxylation sites is 1. The van der Waals surface area contributed by atoms with Crippen LogP contribution in [-0.2, 0) is 0 Å². The highest BCUT2D eigenvalue weighted by atomic mass is 16.6. The van der Waals surface area contributed by atoms with E-state index in [-0.39, 0.29) is 33.8 Å². The molecular weight excluding hydrogens is 258 g/mol. The van der Waals surface area contributed by atoms with E-state index in [9.17, 15) is 14.9 Å². The van der Waals surface area contributed by atoms with Gasteiger partial charge < -0.3 is 11.1 Å². The standard InChI is InChI=1S/C14H19N3O3/c1-13(2)12(14(13,3)4)16-11(18)8-6-5-7-9(15)10(8)17(19)20/h5-7,12H,15H2,1-4H3,(H,16,18).